The largest absolute Gasteiger partial charge is 0.480 e. The number of aliphatic hydroxyl groups excluding tert-OH is 1. The second-order valence-electron chi connectivity index (χ2n) is 14.4. The smallest absolute Gasteiger partial charge is 0.328 e. The summed E-state index contributed by atoms with van der Waals surface area (Å²) in [7, 11) is 0. The molecule has 2 amide bonds. The fourth-order valence-electron chi connectivity index (χ4n) is 5.83. The van der Waals surface area contributed by atoms with Crippen molar-refractivity contribution in [1.82, 2.24) is 10.6 Å². The first-order chi connectivity index (χ1) is 27.3. The molecule has 0 heterocycles. The minimum absolute atomic E-state index is 0.111. The minimum Gasteiger partial charge on any atom is -0.480 e. The van der Waals surface area contributed by atoms with Gasteiger partial charge in [0.15, 0.2) is 0 Å². The van der Waals surface area contributed by atoms with Crippen molar-refractivity contribution in [2.24, 2.45) is 0 Å². The van der Waals surface area contributed by atoms with Crippen LogP contribution in [0.4, 0.5) is 0 Å². The highest BCUT2D eigenvalue weighted by molar-refractivity contribution is 5.87. The number of ether oxygens (including phenoxy) is 1. The lowest BCUT2D eigenvalue weighted by Crippen LogP contribution is -2.47. The molecule has 2 atom stereocenters. The van der Waals surface area contributed by atoms with Gasteiger partial charge < -0.3 is 25.6 Å². The van der Waals surface area contributed by atoms with Crippen molar-refractivity contribution in [2.45, 2.75) is 187 Å². The Morgan fingerprint density at radius 2 is 1.07 bits per heavy atom. The van der Waals surface area contributed by atoms with Crippen LogP contribution in [0.2, 0.25) is 0 Å². The number of amides is 2. The van der Waals surface area contributed by atoms with Crippen molar-refractivity contribution in [3.8, 4) is 0 Å². The van der Waals surface area contributed by atoms with E-state index in [-0.39, 0.29) is 24.5 Å². The van der Waals surface area contributed by atoms with Gasteiger partial charge in [-0.1, -0.05) is 145 Å². The number of rotatable bonds is 38. The molecular formula is C47H78N2O7. The molecule has 4 N–H and O–H groups in total. The molecule has 56 heavy (non-hydrogen) atoms. The van der Waals surface area contributed by atoms with Gasteiger partial charge in [0.25, 0.3) is 0 Å². The zero-order valence-electron chi connectivity index (χ0n) is 35.1. The standard InChI is InChI=1S/C47H78N2O7/c1-3-5-7-9-11-13-14-15-16-17-18-19-20-21-22-23-25-31-35-39-46(53)56-42(36-32-28-24-12-10-8-6-4-2)37-33-29-26-27-30-34-38-44(51)48-40-45(52)49-43(41-50)47(54)55/h5,7,11,13,15-16,18-19,21-22,32,36,42-43,50H,3-4,6,8-10,12,14,17,20,23-31,33-35,37-41H2,1-2H3,(H,48,51)(H,49,52)(H,54,55)/b7-5-,13-11-,16-15-,19-18-,22-21-,36-32-. The summed E-state index contributed by atoms with van der Waals surface area (Å²) in [5, 5.41) is 22.5. The van der Waals surface area contributed by atoms with Crippen LogP contribution in [0.15, 0.2) is 72.9 Å². The number of aliphatic hydroxyl groups is 1. The molecule has 9 heteroatoms. The van der Waals surface area contributed by atoms with Crippen molar-refractivity contribution < 1.29 is 34.1 Å². The monoisotopic (exact) mass is 783 g/mol. The molecule has 0 bridgehead atoms. The maximum Gasteiger partial charge on any atom is 0.328 e. The third-order valence-corrected chi connectivity index (χ3v) is 9.17. The summed E-state index contributed by atoms with van der Waals surface area (Å²) in [5.41, 5.74) is 0. The Hall–Kier alpha value is -3.72. The van der Waals surface area contributed by atoms with E-state index in [9.17, 15) is 19.2 Å². The third-order valence-electron chi connectivity index (χ3n) is 9.17. The Kier molecular flexibility index (Phi) is 38.2. The molecule has 0 aromatic rings. The molecule has 0 aliphatic rings. The van der Waals surface area contributed by atoms with E-state index in [1.165, 1.54) is 38.5 Å². The highest BCUT2D eigenvalue weighted by Gasteiger charge is 2.18. The van der Waals surface area contributed by atoms with Gasteiger partial charge in [0.1, 0.15) is 12.1 Å². The summed E-state index contributed by atoms with van der Waals surface area (Å²) < 4.78 is 5.93. The minimum atomic E-state index is -1.38. The van der Waals surface area contributed by atoms with E-state index >= 15 is 0 Å². The molecule has 0 spiro atoms. The Labute approximate surface area is 340 Å². The normalized spacial score (nSPS) is 13.2. The molecule has 0 aliphatic carbocycles. The summed E-state index contributed by atoms with van der Waals surface area (Å²) in [4.78, 5) is 47.4. The Morgan fingerprint density at radius 3 is 1.66 bits per heavy atom. The number of hydrogen-bond donors (Lipinski definition) is 4. The van der Waals surface area contributed by atoms with E-state index in [1.807, 2.05) is 0 Å². The first-order valence-electron chi connectivity index (χ1n) is 21.8. The van der Waals surface area contributed by atoms with E-state index in [0.29, 0.717) is 19.3 Å². The SMILES string of the molecule is CC/C=C\C/C=C\C/C=C\C/C=C\C/C=C\CCCCCC(=O)OC(/C=C\CCCCCCCC)CCCCCCCCC(=O)NCC(=O)NC(CO)C(=O)O. The fraction of sp³-hybridized carbons (Fsp3) is 0.660. The average molecular weight is 783 g/mol. The molecule has 0 aromatic carbocycles. The maximum absolute atomic E-state index is 12.7. The molecule has 0 radical (unpaired) electrons. The second-order valence-corrected chi connectivity index (χ2v) is 14.4. The Morgan fingerprint density at radius 1 is 0.571 bits per heavy atom. The van der Waals surface area contributed by atoms with Crippen molar-refractivity contribution in [1.29, 1.82) is 0 Å². The first-order valence-corrected chi connectivity index (χ1v) is 21.8. The van der Waals surface area contributed by atoms with Gasteiger partial charge in [-0.05, 0) is 89.5 Å². The molecule has 0 saturated heterocycles. The predicted molar refractivity (Wildman–Crippen MR) is 231 cm³/mol. The maximum atomic E-state index is 12.7. The molecule has 0 saturated carbocycles. The number of esters is 1. The number of carboxylic acid groups (broad SMARTS) is 1. The van der Waals surface area contributed by atoms with Crippen LogP contribution < -0.4 is 10.6 Å². The Balaban J connectivity index is 4.29. The first kappa shape index (κ1) is 52.3. The number of aliphatic carboxylic acids is 1. The van der Waals surface area contributed by atoms with Crippen LogP contribution in [0, 0.1) is 0 Å². The van der Waals surface area contributed by atoms with E-state index in [1.54, 1.807) is 0 Å². The van der Waals surface area contributed by atoms with Crippen LogP contribution in [0.5, 0.6) is 0 Å². The average Bonchev–Trinajstić information content (AvgIpc) is 3.18. The van der Waals surface area contributed by atoms with E-state index in [4.69, 9.17) is 14.9 Å². The molecule has 318 valence electrons. The molecule has 2 unspecified atom stereocenters. The van der Waals surface area contributed by atoms with Gasteiger partial charge in [-0.2, -0.15) is 0 Å². The van der Waals surface area contributed by atoms with Gasteiger partial charge in [0.05, 0.1) is 13.2 Å². The van der Waals surface area contributed by atoms with Crippen LogP contribution in [0.3, 0.4) is 0 Å². The topological polar surface area (TPSA) is 142 Å². The number of carbonyl (C=O) groups is 4. The number of hydrogen-bond acceptors (Lipinski definition) is 6. The molecular weight excluding hydrogens is 705 g/mol. The number of carbonyl (C=O) groups excluding carboxylic acids is 3. The van der Waals surface area contributed by atoms with Crippen LogP contribution in [-0.4, -0.2) is 59.3 Å². The highest BCUT2D eigenvalue weighted by atomic mass is 16.5. The molecule has 0 rings (SSSR count). The summed E-state index contributed by atoms with van der Waals surface area (Å²) in [6.45, 7) is 3.34. The fourth-order valence-corrected chi connectivity index (χ4v) is 5.83. The lowest BCUT2D eigenvalue weighted by Gasteiger charge is -2.15. The number of allylic oxidation sites excluding steroid dienone is 11. The lowest BCUT2D eigenvalue weighted by molar-refractivity contribution is -0.147. The summed E-state index contributed by atoms with van der Waals surface area (Å²) in [6, 6.07) is -1.38. The molecule has 0 aromatic heterocycles. The van der Waals surface area contributed by atoms with Gasteiger partial charge in [0.2, 0.25) is 11.8 Å². The van der Waals surface area contributed by atoms with Crippen molar-refractivity contribution in [3.63, 3.8) is 0 Å². The van der Waals surface area contributed by atoms with E-state index < -0.39 is 24.5 Å². The van der Waals surface area contributed by atoms with Gasteiger partial charge in [0, 0.05) is 12.8 Å². The van der Waals surface area contributed by atoms with Crippen LogP contribution >= 0.6 is 0 Å². The predicted octanol–water partition coefficient (Wildman–Crippen LogP) is 10.7. The molecule has 0 fully saturated rings. The van der Waals surface area contributed by atoms with Crippen molar-refractivity contribution >= 4 is 23.8 Å². The van der Waals surface area contributed by atoms with Crippen molar-refractivity contribution in [2.75, 3.05) is 13.2 Å². The van der Waals surface area contributed by atoms with Gasteiger partial charge in [-0.25, -0.2) is 4.79 Å². The number of unbranched alkanes of at least 4 members (excludes halogenated alkanes) is 14. The van der Waals surface area contributed by atoms with Gasteiger partial charge in [-0.15, -0.1) is 0 Å². The van der Waals surface area contributed by atoms with Crippen LogP contribution in [-0.2, 0) is 23.9 Å². The van der Waals surface area contributed by atoms with E-state index in [2.05, 4.69) is 97.4 Å². The zero-order chi connectivity index (χ0) is 41.2. The number of nitrogens with one attached hydrogen (secondary N) is 2. The summed E-state index contributed by atoms with van der Waals surface area (Å²) >= 11 is 0. The summed E-state index contributed by atoms with van der Waals surface area (Å²) in [5.74, 6) is -2.37. The van der Waals surface area contributed by atoms with Crippen molar-refractivity contribution in [3.05, 3.63) is 72.9 Å². The van der Waals surface area contributed by atoms with Gasteiger partial charge in [-0.3, -0.25) is 14.4 Å². The molecule has 0 aliphatic heterocycles. The lowest BCUT2D eigenvalue weighted by atomic mass is 10.0. The zero-order valence-corrected chi connectivity index (χ0v) is 35.1. The van der Waals surface area contributed by atoms with Crippen LogP contribution in [0.25, 0.3) is 0 Å². The molecule has 9 nitrogen and oxygen atoms in total. The highest BCUT2D eigenvalue weighted by Crippen LogP contribution is 2.15. The number of carboxylic acids is 1. The quantitative estimate of drug-likeness (QED) is 0.0277. The second kappa shape index (κ2) is 40.9. The van der Waals surface area contributed by atoms with E-state index in [0.717, 1.165) is 103 Å². The summed E-state index contributed by atoms with van der Waals surface area (Å²) in [6.07, 6.45) is 50.9. The Bertz CT molecular complexity index is 1170. The van der Waals surface area contributed by atoms with Crippen LogP contribution in [0.1, 0.15) is 174 Å². The van der Waals surface area contributed by atoms with Gasteiger partial charge >= 0.3 is 11.9 Å². The third kappa shape index (κ3) is 37.2.